The molecule has 134 valence electrons. The lowest BCUT2D eigenvalue weighted by Gasteiger charge is -2.18. The van der Waals surface area contributed by atoms with Crippen molar-refractivity contribution in [3.63, 3.8) is 0 Å². The van der Waals surface area contributed by atoms with E-state index in [0.717, 1.165) is 11.3 Å². The second-order valence-corrected chi connectivity index (χ2v) is 6.42. The number of nitrogens with zero attached hydrogens (tertiary/aromatic N) is 3. The SMILES string of the molecule is COc1cn(-c2ccccc2)nc1C(=O)N(C)Cc1ccc(C)cc1C. The molecule has 0 bridgehead atoms. The van der Waals surface area contributed by atoms with Crippen LogP contribution in [0, 0.1) is 13.8 Å². The third-order valence-corrected chi connectivity index (χ3v) is 4.38. The van der Waals surface area contributed by atoms with Gasteiger partial charge in [0.25, 0.3) is 5.91 Å². The monoisotopic (exact) mass is 349 g/mol. The number of amides is 1. The summed E-state index contributed by atoms with van der Waals surface area (Å²) in [5.74, 6) is 0.294. The number of hydrogen-bond acceptors (Lipinski definition) is 3. The van der Waals surface area contributed by atoms with Gasteiger partial charge in [0.1, 0.15) is 0 Å². The molecule has 0 unspecified atom stereocenters. The first-order valence-corrected chi connectivity index (χ1v) is 8.50. The van der Waals surface area contributed by atoms with E-state index in [1.807, 2.05) is 30.3 Å². The molecule has 0 N–H and O–H groups in total. The highest BCUT2D eigenvalue weighted by molar-refractivity contribution is 5.94. The maximum Gasteiger partial charge on any atom is 0.278 e. The van der Waals surface area contributed by atoms with Gasteiger partial charge in [0, 0.05) is 13.6 Å². The first-order valence-electron chi connectivity index (χ1n) is 8.50. The zero-order chi connectivity index (χ0) is 18.7. The van der Waals surface area contributed by atoms with Crippen LogP contribution in [0.4, 0.5) is 0 Å². The van der Waals surface area contributed by atoms with Gasteiger partial charge < -0.3 is 9.64 Å². The molecule has 5 nitrogen and oxygen atoms in total. The Hall–Kier alpha value is -3.08. The summed E-state index contributed by atoms with van der Waals surface area (Å²) in [6, 6.07) is 15.9. The van der Waals surface area contributed by atoms with Gasteiger partial charge in [-0.1, -0.05) is 42.0 Å². The summed E-state index contributed by atoms with van der Waals surface area (Å²) in [5.41, 5.74) is 4.69. The number of benzene rings is 2. The third-order valence-electron chi connectivity index (χ3n) is 4.38. The normalized spacial score (nSPS) is 10.6. The van der Waals surface area contributed by atoms with E-state index >= 15 is 0 Å². The lowest BCUT2D eigenvalue weighted by molar-refractivity contribution is 0.0775. The fourth-order valence-corrected chi connectivity index (χ4v) is 2.90. The van der Waals surface area contributed by atoms with Gasteiger partial charge in [-0.25, -0.2) is 4.68 Å². The van der Waals surface area contributed by atoms with E-state index in [-0.39, 0.29) is 5.91 Å². The van der Waals surface area contributed by atoms with Crippen molar-refractivity contribution in [2.24, 2.45) is 0 Å². The fourth-order valence-electron chi connectivity index (χ4n) is 2.90. The molecule has 1 aromatic heterocycles. The van der Waals surface area contributed by atoms with Gasteiger partial charge in [0.2, 0.25) is 0 Å². The average Bonchev–Trinajstić information content (AvgIpc) is 3.08. The van der Waals surface area contributed by atoms with Crippen LogP contribution in [0.5, 0.6) is 5.75 Å². The smallest absolute Gasteiger partial charge is 0.278 e. The van der Waals surface area contributed by atoms with Crippen LogP contribution >= 0.6 is 0 Å². The molecule has 1 amide bonds. The molecule has 0 fully saturated rings. The van der Waals surface area contributed by atoms with Crippen LogP contribution in [-0.4, -0.2) is 34.7 Å². The number of methoxy groups -OCH3 is 1. The first-order chi connectivity index (χ1) is 12.5. The van der Waals surface area contributed by atoms with Gasteiger partial charge in [-0.15, -0.1) is 0 Å². The number of aryl methyl sites for hydroxylation is 2. The summed E-state index contributed by atoms with van der Waals surface area (Å²) in [5, 5.41) is 4.45. The minimum absolute atomic E-state index is 0.170. The minimum atomic E-state index is -0.170. The average molecular weight is 349 g/mol. The van der Waals surface area contributed by atoms with E-state index in [2.05, 4.69) is 37.1 Å². The number of carbonyl (C=O) groups excluding carboxylic acids is 1. The van der Waals surface area contributed by atoms with Crippen LogP contribution in [0.3, 0.4) is 0 Å². The lowest BCUT2D eigenvalue weighted by Crippen LogP contribution is -2.27. The predicted molar refractivity (Wildman–Crippen MR) is 102 cm³/mol. The van der Waals surface area contributed by atoms with E-state index in [0.29, 0.717) is 18.0 Å². The molecular weight excluding hydrogens is 326 g/mol. The van der Waals surface area contributed by atoms with E-state index in [1.165, 1.54) is 11.1 Å². The Bertz CT molecular complexity index is 916. The molecular formula is C21H23N3O2. The van der Waals surface area contributed by atoms with Crippen molar-refractivity contribution in [3.05, 3.63) is 77.1 Å². The standard InChI is InChI=1S/C21H23N3O2/c1-15-10-11-17(16(2)12-15)13-23(3)21(25)20-19(26-4)14-24(22-20)18-8-6-5-7-9-18/h5-12,14H,13H2,1-4H3. The van der Waals surface area contributed by atoms with Crippen LogP contribution in [-0.2, 0) is 6.54 Å². The van der Waals surface area contributed by atoms with Gasteiger partial charge in [-0.2, -0.15) is 5.10 Å². The van der Waals surface area contributed by atoms with E-state index in [1.54, 1.807) is 29.9 Å². The van der Waals surface area contributed by atoms with Gasteiger partial charge in [-0.3, -0.25) is 4.79 Å². The number of aromatic nitrogens is 2. The van der Waals surface area contributed by atoms with Crippen LogP contribution in [0.25, 0.3) is 5.69 Å². The summed E-state index contributed by atoms with van der Waals surface area (Å²) in [7, 11) is 3.33. The van der Waals surface area contributed by atoms with Crippen LogP contribution in [0.15, 0.2) is 54.7 Å². The highest BCUT2D eigenvalue weighted by Crippen LogP contribution is 2.22. The van der Waals surface area contributed by atoms with Crippen LogP contribution in [0.2, 0.25) is 0 Å². The van der Waals surface area contributed by atoms with E-state index in [4.69, 9.17) is 4.74 Å². The van der Waals surface area contributed by atoms with Crippen molar-refractivity contribution in [3.8, 4) is 11.4 Å². The lowest BCUT2D eigenvalue weighted by atomic mass is 10.1. The molecule has 3 rings (SSSR count). The van der Waals surface area contributed by atoms with Crippen molar-refractivity contribution in [1.29, 1.82) is 0 Å². The molecule has 0 aliphatic rings. The molecule has 3 aromatic rings. The molecule has 2 aromatic carbocycles. The maximum absolute atomic E-state index is 12.9. The molecule has 0 atom stereocenters. The van der Waals surface area contributed by atoms with Crippen LogP contribution in [0.1, 0.15) is 27.2 Å². The predicted octanol–water partition coefficient (Wildman–Crippen LogP) is 3.77. The Balaban J connectivity index is 1.85. The number of hydrogen-bond donors (Lipinski definition) is 0. The number of ether oxygens (including phenoxy) is 1. The quantitative estimate of drug-likeness (QED) is 0.704. The van der Waals surface area contributed by atoms with Gasteiger partial charge >= 0.3 is 0 Å². The fraction of sp³-hybridized carbons (Fsp3) is 0.238. The van der Waals surface area contributed by atoms with Crippen molar-refractivity contribution in [2.45, 2.75) is 20.4 Å². The summed E-state index contributed by atoms with van der Waals surface area (Å²) < 4.78 is 7.04. The zero-order valence-corrected chi connectivity index (χ0v) is 15.6. The number of rotatable bonds is 5. The summed E-state index contributed by atoms with van der Waals surface area (Å²) in [4.78, 5) is 14.6. The Labute approximate surface area is 153 Å². The molecule has 0 spiro atoms. The largest absolute Gasteiger partial charge is 0.493 e. The number of para-hydroxylation sites is 1. The molecule has 0 aliphatic heterocycles. The molecule has 5 heteroatoms. The summed E-state index contributed by atoms with van der Waals surface area (Å²) in [6.07, 6.45) is 1.73. The second kappa shape index (κ2) is 7.44. The van der Waals surface area contributed by atoms with Crippen molar-refractivity contribution in [2.75, 3.05) is 14.2 Å². The highest BCUT2D eigenvalue weighted by atomic mass is 16.5. The van der Waals surface area contributed by atoms with Crippen LogP contribution < -0.4 is 4.74 Å². The maximum atomic E-state index is 12.9. The molecule has 0 saturated carbocycles. The van der Waals surface area contributed by atoms with E-state index in [9.17, 15) is 4.79 Å². The highest BCUT2D eigenvalue weighted by Gasteiger charge is 2.22. The Morgan fingerprint density at radius 1 is 1.15 bits per heavy atom. The Kier molecular flexibility index (Phi) is 5.07. The van der Waals surface area contributed by atoms with E-state index < -0.39 is 0 Å². The Morgan fingerprint density at radius 2 is 1.88 bits per heavy atom. The van der Waals surface area contributed by atoms with Crippen molar-refractivity contribution in [1.82, 2.24) is 14.7 Å². The molecule has 1 heterocycles. The van der Waals surface area contributed by atoms with Gasteiger partial charge in [0.05, 0.1) is 19.0 Å². The Morgan fingerprint density at radius 3 is 2.54 bits per heavy atom. The summed E-state index contributed by atoms with van der Waals surface area (Å²) >= 11 is 0. The zero-order valence-electron chi connectivity index (χ0n) is 15.6. The van der Waals surface area contributed by atoms with Crippen molar-refractivity contribution < 1.29 is 9.53 Å². The van der Waals surface area contributed by atoms with Gasteiger partial charge in [0.15, 0.2) is 11.4 Å². The minimum Gasteiger partial charge on any atom is -0.493 e. The molecule has 0 radical (unpaired) electrons. The molecule has 0 saturated heterocycles. The molecule has 26 heavy (non-hydrogen) atoms. The van der Waals surface area contributed by atoms with Gasteiger partial charge in [-0.05, 0) is 37.1 Å². The second-order valence-electron chi connectivity index (χ2n) is 6.42. The third kappa shape index (κ3) is 3.61. The number of carbonyl (C=O) groups is 1. The molecule has 0 aliphatic carbocycles. The van der Waals surface area contributed by atoms with Crippen molar-refractivity contribution >= 4 is 5.91 Å². The topological polar surface area (TPSA) is 47.4 Å². The summed E-state index contributed by atoms with van der Waals surface area (Å²) in [6.45, 7) is 4.64. The first kappa shape index (κ1) is 17.7.